The molecule has 142 valence electrons. The molecular weight excluding hydrogens is 374 g/mol. The van der Waals surface area contributed by atoms with Gasteiger partial charge in [0.15, 0.2) is 0 Å². The summed E-state index contributed by atoms with van der Waals surface area (Å²) in [6, 6.07) is 7.22. The van der Waals surface area contributed by atoms with Crippen molar-refractivity contribution in [3.05, 3.63) is 29.3 Å². The Hall–Kier alpha value is -1.73. The zero-order valence-corrected chi connectivity index (χ0v) is 16.4. The van der Waals surface area contributed by atoms with E-state index < -0.39 is 0 Å². The largest absolute Gasteiger partial charge is 0.343 e. The van der Waals surface area contributed by atoms with Crippen molar-refractivity contribution >= 4 is 41.1 Å². The number of nitrogens with zero attached hydrogens (tertiary/aromatic N) is 1. The lowest BCUT2D eigenvalue weighted by Crippen LogP contribution is -2.42. The van der Waals surface area contributed by atoms with Crippen LogP contribution in [0.5, 0.6) is 0 Å². The molecular formula is C18H24ClN3O3S. The number of hydrazine groups is 1. The molecule has 3 amide bonds. The highest BCUT2D eigenvalue weighted by molar-refractivity contribution is 8.00. The SMILES string of the molecule is CC(=O)N1CCC(CCC(=O)NNC(=O)CSc2ccc(Cl)cc2)CC1. The molecule has 6 nitrogen and oxygen atoms in total. The van der Waals surface area contributed by atoms with Crippen molar-refractivity contribution in [2.24, 2.45) is 5.92 Å². The normalized spacial score (nSPS) is 14.8. The number of hydrogen-bond donors (Lipinski definition) is 2. The van der Waals surface area contributed by atoms with Crippen LogP contribution in [0.1, 0.15) is 32.6 Å². The average molecular weight is 398 g/mol. The first-order chi connectivity index (χ1) is 12.4. The van der Waals surface area contributed by atoms with Crippen molar-refractivity contribution in [3.8, 4) is 0 Å². The van der Waals surface area contributed by atoms with Crippen LogP contribution in [0.4, 0.5) is 0 Å². The van der Waals surface area contributed by atoms with Gasteiger partial charge in [-0.1, -0.05) is 11.6 Å². The number of nitrogens with one attached hydrogen (secondary N) is 2. The van der Waals surface area contributed by atoms with E-state index in [1.165, 1.54) is 11.8 Å². The van der Waals surface area contributed by atoms with E-state index in [2.05, 4.69) is 10.9 Å². The molecule has 2 rings (SSSR count). The van der Waals surface area contributed by atoms with Gasteiger partial charge in [0.25, 0.3) is 0 Å². The number of amides is 3. The third-order valence-electron chi connectivity index (χ3n) is 4.36. The summed E-state index contributed by atoms with van der Waals surface area (Å²) in [6.07, 6.45) is 3.00. The Morgan fingerprint density at radius 3 is 2.35 bits per heavy atom. The van der Waals surface area contributed by atoms with Crippen molar-refractivity contribution in [2.45, 2.75) is 37.5 Å². The van der Waals surface area contributed by atoms with Gasteiger partial charge in [-0.2, -0.15) is 0 Å². The lowest BCUT2D eigenvalue weighted by atomic mass is 9.92. The lowest BCUT2D eigenvalue weighted by Gasteiger charge is -2.31. The van der Waals surface area contributed by atoms with E-state index >= 15 is 0 Å². The molecule has 1 aliphatic rings. The molecule has 8 heteroatoms. The second-order valence-corrected chi connectivity index (χ2v) is 7.81. The molecule has 1 heterocycles. The third-order valence-corrected chi connectivity index (χ3v) is 5.63. The van der Waals surface area contributed by atoms with Gasteiger partial charge in [-0.05, 0) is 49.4 Å². The van der Waals surface area contributed by atoms with Gasteiger partial charge in [0.2, 0.25) is 17.7 Å². The first-order valence-corrected chi connectivity index (χ1v) is 10.0. The van der Waals surface area contributed by atoms with E-state index in [0.717, 1.165) is 37.2 Å². The van der Waals surface area contributed by atoms with E-state index in [0.29, 0.717) is 17.4 Å². The topological polar surface area (TPSA) is 78.5 Å². The molecule has 0 aromatic heterocycles. The predicted octanol–water partition coefficient (Wildman–Crippen LogP) is 2.62. The van der Waals surface area contributed by atoms with Crippen LogP contribution in [0.25, 0.3) is 0 Å². The molecule has 0 bridgehead atoms. The number of rotatable bonds is 6. The second-order valence-electron chi connectivity index (χ2n) is 6.33. The first-order valence-electron chi connectivity index (χ1n) is 8.65. The molecule has 1 saturated heterocycles. The van der Waals surface area contributed by atoms with Crippen LogP contribution in [-0.4, -0.2) is 41.5 Å². The number of carbonyl (C=O) groups excluding carboxylic acids is 3. The molecule has 0 saturated carbocycles. The Morgan fingerprint density at radius 1 is 1.12 bits per heavy atom. The zero-order valence-electron chi connectivity index (χ0n) is 14.8. The minimum Gasteiger partial charge on any atom is -0.343 e. The molecule has 1 aliphatic heterocycles. The van der Waals surface area contributed by atoms with E-state index in [1.807, 2.05) is 17.0 Å². The molecule has 0 radical (unpaired) electrons. The molecule has 0 spiro atoms. The summed E-state index contributed by atoms with van der Waals surface area (Å²) >= 11 is 7.19. The predicted molar refractivity (Wildman–Crippen MR) is 103 cm³/mol. The minimum absolute atomic E-state index is 0.111. The number of thioether (sulfide) groups is 1. The molecule has 26 heavy (non-hydrogen) atoms. The van der Waals surface area contributed by atoms with Gasteiger partial charge in [-0.3, -0.25) is 25.2 Å². The molecule has 0 aliphatic carbocycles. The van der Waals surface area contributed by atoms with Crippen molar-refractivity contribution in [1.82, 2.24) is 15.8 Å². The van der Waals surface area contributed by atoms with Crippen molar-refractivity contribution in [2.75, 3.05) is 18.8 Å². The second kappa shape index (κ2) is 10.4. The fraction of sp³-hybridized carbons (Fsp3) is 0.500. The maximum absolute atomic E-state index is 11.9. The van der Waals surface area contributed by atoms with Gasteiger partial charge in [0.1, 0.15) is 0 Å². The summed E-state index contributed by atoms with van der Waals surface area (Å²) in [6.45, 7) is 3.11. The Kier molecular flexibility index (Phi) is 8.25. The Balaban J connectivity index is 1.57. The van der Waals surface area contributed by atoms with E-state index in [9.17, 15) is 14.4 Å². The van der Waals surface area contributed by atoms with Crippen molar-refractivity contribution < 1.29 is 14.4 Å². The van der Waals surface area contributed by atoms with Crippen LogP contribution in [0.2, 0.25) is 5.02 Å². The summed E-state index contributed by atoms with van der Waals surface area (Å²) in [7, 11) is 0. The van der Waals surface area contributed by atoms with Gasteiger partial charge >= 0.3 is 0 Å². The molecule has 2 N–H and O–H groups in total. The monoisotopic (exact) mass is 397 g/mol. The average Bonchev–Trinajstić information content (AvgIpc) is 2.64. The summed E-state index contributed by atoms with van der Waals surface area (Å²) in [5, 5.41) is 0.651. The van der Waals surface area contributed by atoms with Crippen LogP contribution in [0.3, 0.4) is 0 Å². The fourth-order valence-corrected chi connectivity index (χ4v) is 3.61. The number of benzene rings is 1. The van der Waals surface area contributed by atoms with E-state index in [1.54, 1.807) is 19.1 Å². The van der Waals surface area contributed by atoms with Crippen LogP contribution < -0.4 is 10.9 Å². The first kappa shape index (κ1) is 20.6. The minimum atomic E-state index is -0.256. The molecule has 0 unspecified atom stereocenters. The summed E-state index contributed by atoms with van der Waals surface area (Å²) in [4.78, 5) is 37.7. The third kappa shape index (κ3) is 7.25. The number of piperidine rings is 1. The van der Waals surface area contributed by atoms with Crippen molar-refractivity contribution in [1.29, 1.82) is 0 Å². The maximum Gasteiger partial charge on any atom is 0.248 e. The number of carbonyl (C=O) groups is 3. The van der Waals surface area contributed by atoms with E-state index in [-0.39, 0.29) is 23.5 Å². The standard InChI is InChI=1S/C18H24ClN3O3S/c1-13(23)22-10-8-14(9-11-22)2-7-17(24)20-21-18(25)12-26-16-5-3-15(19)4-6-16/h3-6,14H,2,7-12H2,1H3,(H,20,24)(H,21,25). The van der Waals surface area contributed by atoms with E-state index in [4.69, 9.17) is 11.6 Å². The molecule has 1 aromatic rings. The number of halogens is 1. The van der Waals surface area contributed by atoms with Gasteiger partial charge in [0, 0.05) is 36.4 Å². The number of hydrogen-bond acceptors (Lipinski definition) is 4. The van der Waals surface area contributed by atoms with Crippen LogP contribution in [0, 0.1) is 5.92 Å². The number of likely N-dealkylation sites (tertiary alicyclic amines) is 1. The summed E-state index contributed by atoms with van der Waals surface area (Å²) in [5.41, 5.74) is 4.89. The van der Waals surface area contributed by atoms with Gasteiger partial charge in [-0.25, -0.2) is 0 Å². The Morgan fingerprint density at radius 2 is 1.73 bits per heavy atom. The molecule has 1 fully saturated rings. The Labute approximate surface area is 163 Å². The highest BCUT2D eigenvalue weighted by Gasteiger charge is 2.21. The summed E-state index contributed by atoms with van der Waals surface area (Å²) < 4.78 is 0. The van der Waals surface area contributed by atoms with Crippen LogP contribution in [-0.2, 0) is 14.4 Å². The fourth-order valence-electron chi connectivity index (χ4n) is 2.79. The molecule has 1 aromatic carbocycles. The van der Waals surface area contributed by atoms with Gasteiger partial charge in [-0.15, -0.1) is 11.8 Å². The lowest BCUT2D eigenvalue weighted by molar-refractivity contribution is -0.130. The van der Waals surface area contributed by atoms with Crippen molar-refractivity contribution in [3.63, 3.8) is 0 Å². The van der Waals surface area contributed by atoms with Gasteiger partial charge < -0.3 is 4.90 Å². The zero-order chi connectivity index (χ0) is 18.9. The Bertz CT molecular complexity index is 631. The maximum atomic E-state index is 11.9. The smallest absolute Gasteiger partial charge is 0.248 e. The van der Waals surface area contributed by atoms with Gasteiger partial charge in [0.05, 0.1) is 5.75 Å². The highest BCUT2D eigenvalue weighted by Crippen LogP contribution is 2.22. The summed E-state index contributed by atoms with van der Waals surface area (Å²) in [5.74, 6) is 0.329. The van der Waals surface area contributed by atoms with Crippen LogP contribution in [0.15, 0.2) is 29.2 Å². The highest BCUT2D eigenvalue weighted by atomic mass is 35.5. The van der Waals surface area contributed by atoms with Crippen LogP contribution >= 0.6 is 23.4 Å². The molecule has 0 atom stereocenters. The quantitative estimate of drug-likeness (QED) is 0.571.